The third-order valence-electron chi connectivity index (χ3n) is 2.46. The normalized spacial score (nSPS) is 11.1. The zero-order chi connectivity index (χ0) is 13.0. The molecule has 0 fully saturated rings. The first-order chi connectivity index (χ1) is 7.90. The molecule has 1 aromatic heterocycles. The predicted octanol–water partition coefficient (Wildman–Crippen LogP) is 1.50. The van der Waals surface area contributed by atoms with Crippen molar-refractivity contribution in [3.63, 3.8) is 0 Å². The van der Waals surface area contributed by atoms with Gasteiger partial charge in [-0.3, -0.25) is 14.3 Å². The average Bonchev–Trinajstić information content (AvgIpc) is 2.63. The van der Waals surface area contributed by atoms with Crippen LogP contribution < -0.4 is 0 Å². The van der Waals surface area contributed by atoms with Crippen LogP contribution in [-0.4, -0.2) is 31.9 Å². The lowest BCUT2D eigenvalue weighted by molar-refractivity contribution is -0.139. The highest BCUT2D eigenvalue weighted by atomic mass is 16.4. The van der Waals surface area contributed by atoms with Crippen LogP contribution in [0.4, 0.5) is 0 Å². The molecule has 0 aliphatic carbocycles. The zero-order valence-electron chi connectivity index (χ0n) is 9.83. The Morgan fingerprint density at radius 1 is 1.29 bits per heavy atom. The van der Waals surface area contributed by atoms with Crippen molar-refractivity contribution < 1.29 is 19.8 Å². The summed E-state index contributed by atoms with van der Waals surface area (Å²) in [5, 5.41) is 21.6. The summed E-state index contributed by atoms with van der Waals surface area (Å²) in [7, 11) is 0. The third kappa shape index (κ3) is 3.90. The Labute approximate surface area is 98.9 Å². The highest BCUT2D eigenvalue weighted by molar-refractivity contribution is 5.72. The standard InChI is InChI=1S/C11H16N2O4/c1-7(2)13-6-9(5-12-13)8(3-10(14)15)4-11(16)17/h5-8H,3-4H2,1-2H3,(H,14,15)(H,16,17). The van der Waals surface area contributed by atoms with E-state index in [9.17, 15) is 9.59 Å². The summed E-state index contributed by atoms with van der Waals surface area (Å²) in [6.45, 7) is 3.89. The Morgan fingerprint density at radius 3 is 2.18 bits per heavy atom. The molecule has 0 radical (unpaired) electrons. The number of hydrogen-bond donors (Lipinski definition) is 2. The van der Waals surface area contributed by atoms with Gasteiger partial charge in [0.1, 0.15) is 0 Å². The van der Waals surface area contributed by atoms with E-state index in [1.165, 1.54) is 6.20 Å². The Kier molecular flexibility index (Phi) is 4.25. The number of rotatable bonds is 6. The molecule has 0 saturated heterocycles. The lowest BCUT2D eigenvalue weighted by Gasteiger charge is -2.10. The van der Waals surface area contributed by atoms with Crippen molar-refractivity contribution in [2.45, 2.75) is 38.6 Å². The first-order valence-electron chi connectivity index (χ1n) is 5.37. The lowest BCUT2D eigenvalue weighted by Crippen LogP contribution is -2.10. The SMILES string of the molecule is CC(C)n1cc(C(CC(=O)O)CC(=O)O)cn1. The lowest BCUT2D eigenvalue weighted by atomic mass is 9.95. The van der Waals surface area contributed by atoms with E-state index in [1.807, 2.05) is 13.8 Å². The highest BCUT2D eigenvalue weighted by Gasteiger charge is 2.20. The number of nitrogens with zero attached hydrogens (tertiary/aromatic N) is 2. The first-order valence-corrected chi connectivity index (χ1v) is 5.37. The van der Waals surface area contributed by atoms with Crippen LogP contribution in [0.15, 0.2) is 12.4 Å². The molecule has 6 heteroatoms. The number of carbonyl (C=O) groups is 2. The molecule has 1 heterocycles. The van der Waals surface area contributed by atoms with Gasteiger partial charge in [0.15, 0.2) is 0 Å². The Bertz CT molecular complexity index is 395. The summed E-state index contributed by atoms with van der Waals surface area (Å²) < 4.78 is 1.69. The summed E-state index contributed by atoms with van der Waals surface area (Å²) in [5.41, 5.74) is 0.656. The van der Waals surface area contributed by atoms with Crippen LogP contribution >= 0.6 is 0 Å². The van der Waals surface area contributed by atoms with Crippen LogP contribution in [0.5, 0.6) is 0 Å². The second-order valence-corrected chi connectivity index (χ2v) is 4.24. The van der Waals surface area contributed by atoms with Gasteiger partial charge < -0.3 is 10.2 Å². The summed E-state index contributed by atoms with van der Waals surface area (Å²) in [6.07, 6.45) is 2.85. The molecule has 2 N–H and O–H groups in total. The predicted molar refractivity (Wildman–Crippen MR) is 59.9 cm³/mol. The molecule has 0 aliphatic heterocycles. The van der Waals surface area contributed by atoms with Gasteiger partial charge in [0.25, 0.3) is 0 Å². The number of hydrogen-bond acceptors (Lipinski definition) is 3. The van der Waals surface area contributed by atoms with E-state index in [2.05, 4.69) is 5.10 Å². The smallest absolute Gasteiger partial charge is 0.303 e. The van der Waals surface area contributed by atoms with Crippen molar-refractivity contribution >= 4 is 11.9 Å². The van der Waals surface area contributed by atoms with Crippen LogP contribution in [0.1, 0.15) is 44.2 Å². The van der Waals surface area contributed by atoms with Gasteiger partial charge in [0, 0.05) is 18.2 Å². The van der Waals surface area contributed by atoms with Gasteiger partial charge in [-0.1, -0.05) is 0 Å². The van der Waals surface area contributed by atoms with Gasteiger partial charge >= 0.3 is 11.9 Å². The topological polar surface area (TPSA) is 92.4 Å². The Morgan fingerprint density at radius 2 is 1.82 bits per heavy atom. The molecule has 1 rings (SSSR count). The average molecular weight is 240 g/mol. The molecular formula is C11H16N2O4. The van der Waals surface area contributed by atoms with Crippen LogP contribution in [0, 0.1) is 0 Å². The van der Waals surface area contributed by atoms with Crippen molar-refractivity contribution in [2.75, 3.05) is 0 Å². The van der Waals surface area contributed by atoms with Crippen molar-refractivity contribution in [3.05, 3.63) is 18.0 Å². The van der Waals surface area contributed by atoms with E-state index < -0.39 is 17.9 Å². The van der Waals surface area contributed by atoms with E-state index >= 15 is 0 Å². The maximum atomic E-state index is 10.7. The molecule has 0 amide bonds. The number of carboxylic acid groups (broad SMARTS) is 2. The Hall–Kier alpha value is -1.85. The fraction of sp³-hybridized carbons (Fsp3) is 0.545. The van der Waals surface area contributed by atoms with Crippen molar-refractivity contribution in [2.24, 2.45) is 0 Å². The largest absolute Gasteiger partial charge is 0.481 e. The van der Waals surface area contributed by atoms with E-state index in [4.69, 9.17) is 10.2 Å². The summed E-state index contributed by atoms with van der Waals surface area (Å²) in [4.78, 5) is 21.4. The number of aliphatic carboxylic acids is 2. The minimum atomic E-state index is -1.01. The minimum absolute atomic E-state index is 0.166. The quantitative estimate of drug-likeness (QED) is 0.786. The van der Waals surface area contributed by atoms with Gasteiger partial charge in [-0.15, -0.1) is 0 Å². The van der Waals surface area contributed by atoms with Crippen LogP contribution in [0.3, 0.4) is 0 Å². The van der Waals surface area contributed by atoms with Gasteiger partial charge in [-0.25, -0.2) is 0 Å². The molecule has 94 valence electrons. The van der Waals surface area contributed by atoms with Crippen molar-refractivity contribution in [3.8, 4) is 0 Å². The fourth-order valence-electron chi connectivity index (χ4n) is 1.58. The molecule has 0 atom stereocenters. The molecule has 0 bridgehead atoms. The monoisotopic (exact) mass is 240 g/mol. The molecule has 0 unspecified atom stereocenters. The van der Waals surface area contributed by atoms with Gasteiger partial charge in [0.2, 0.25) is 0 Å². The van der Waals surface area contributed by atoms with Crippen molar-refractivity contribution in [1.29, 1.82) is 0 Å². The van der Waals surface area contributed by atoms with Crippen LogP contribution in [0.25, 0.3) is 0 Å². The molecule has 6 nitrogen and oxygen atoms in total. The third-order valence-corrected chi connectivity index (χ3v) is 2.46. The number of aromatic nitrogens is 2. The first kappa shape index (κ1) is 13.2. The second kappa shape index (κ2) is 5.47. The van der Waals surface area contributed by atoms with E-state index in [1.54, 1.807) is 10.9 Å². The number of carboxylic acids is 2. The van der Waals surface area contributed by atoms with E-state index in [0.717, 1.165) is 0 Å². The van der Waals surface area contributed by atoms with E-state index in [-0.39, 0.29) is 18.9 Å². The summed E-state index contributed by atoms with van der Waals surface area (Å²) >= 11 is 0. The summed E-state index contributed by atoms with van der Waals surface area (Å²) in [5.74, 6) is -2.54. The maximum Gasteiger partial charge on any atom is 0.303 e. The van der Waals surface area contributed by atoms with Crippen molar-refractivity contribution in [1.82, 2.24) is 9.78 Å². The van der Waals surface area contributed by atoms with Crippen LogP contribution in [0.2, 0.25) is 0 Å². The Balaban J connectivity index is 2.87. The zero-order valence-corrected chi connectivity index (χ0v) is 9.83. The van der Waals surface area contributed by atoms with Crippen LogP contribution in [-0.2, 0) is 9.59 Å². The molecule has 0 aromatic carbocycles. The molecule has 17 heavy (non-hydrogen) atoms. The summed E-state index contributed by atoms with van der Waals surface area (Å²) in [6, 6.07) is 0.166. The molecule has 1 aromatic rings. The van der Waals surface area contributed by atoms with Gasteiger partial charge in [-0.05, 0) is 19.4 Å². The van der Waals surface area contributed by atoms with Gasteiger partial charge in [-0.2, -0.15) is 5.10 Å². The molecule has 0 saturated carbocycles. The molecule has 0 aliphatic rings. The molecule has 0 spiro atoms. The second-order valence-electron chi connectivity index (χ2n) is 4.24. The fourth-order valence-corrected chi connectivity index (χ4v) is 1.58. The maximum absolute atomic E-state index is 10.7. The molecular weight excluding hydrogens is 224 g/mol. The van der Waals surface area contributed by atoms with E-state index in [0.29, 0.717) is 5.56 Å². The highest BCUT2D eigenvalue weighted by Crippen LogP contribution is 2.24. The minimum Gasteiger partial charge on any atom is -0.481 e. The van der Waals surface area contributed by atoms with Gasteiger partial charge in [0.05, 0.1) is 19.0 Å².